The summed E-state index contributed by atoms with van der Waals surface area (Å²) in [5, 5.41) is 2.42. The molecule has 0 spiro atoms. The number of nitrogens with zero attached hydrogens (tertiary/aromatic N) is 1. The monoisotopic (exact) mass is 371 g/mol. The van der Waals surface area contributed by atoms with Gasteiger partial charge in [0, 0.05) is 18.7 Å². The van der Waals surface area contributed by atoms with Crippen molar-refractivity contribution in [1.82, 2.24) is 0 Å². The van der Waals surface area contributed by atoms with Crippen molar-refractivity contribution in [3.63, 3.8) is 0 Å². The van der Waals surface area contributed by atoms with E-state index in [0.717, 1.165) is 0 Å². The number of hydrogen-bond acceptors (Lipinski definition) is 4. The van der Waals surface area contributed by atoms with Crippen molar-refractivity contribution in [3.05, 3.63) is 54.3 Å². The van der Waals surface area contributed by atoms with Gasteiger partial charge in [-0.1, -0.05) is 12.1 Å². The van der Waals surface area contributed by atoms with Crippen LogP contribution in [-0.4, -0.2) is 30.9 Å². The van der Waals surface area contributed by atoms with Crippen LogP contribution in [-0.2, 0) is 14.4 Å². The van der Waals surface area contributed by atoms with Gasteiger partial charge in [-0.2, -0.15) is 0 Å². The number of anilines is 2. The lowest BCUT2D eigenvalue weighted by molar-refractivity contribution is -0.123. The molecule has 0 saturated carbocycles. The molecule has 3 amide bonds. The molecule has 1 atom stereocenters. The number of primary amides is 1. The number of nitrogens with two attached hydrogens (primary N) is 1. The third-order valence-corrected chi connectivity index (χ3v) is 4.19. The van der Waals surface area contributed by atoms with Gasteiger partial charge in [0.15, 0.2) is 6.61 Å². The van der Waals surface area contributed by atoms with E-state index in [1.807, 2.05) is 0 Å². The normalized spacial score (nSPS) is 16.3. The molecule has 2 aromatic carbocycles. The lowest BCUT2D eigenvalue weighted by Crippen LogP contribution is -2.28. The molecule has 140 valence electrons. The molecular formula is C19H18FN3O4. The van der Waals surface area contributed by atoms with Crippen LogP contribution in [0.1, 0.15) is 6.42 Å². The molecule has 3 N–H and O–H groups in total. The summed E-state index contributed by atoms with van der Waals surface area (Å²) in [5.74, 6) is -1.76. The highest BCUT2D eigenvalue weighted by Gasteiger charge is 2.33. The summed E-state index contributed by atoms with van der Waals surface area (Å²) in [5.41, 5.74) is 5.96. The number of ether oxygens (including phenoxy) is 1. The summed E-state index contributed by atoms with van der Waals surface area (Å²) >= 11 is 0. The van der Waals surface area contributed by atoms with E-state index in [9.17, 15) is 18.8 Å². The Hall–Kier alpha value is -3.42. The predicted molar refractivity (Wildman–Crippen MR) is 96.6 cm³/mol. The zero-order valence-corrected chi connectivity index (χ0v) is 14.4. The molecule has 0 aliphatic carbocycles. The SMILES string of the molecule is NC(=O)[C@H]1CC(=O)N(c2ccc(OCC(=O)Nc3ccccc3F)cc2)C1. The van der Waals surface area contributed by atoms with Crippen molar-refractivity contribution in [2.24, 2.45) is 11.7 Å². The Morgan fingerprint density at radius 3 is 2.52 bits per heavy atom. The Balaban J connectivity index is 1.55. The van der Waals surface area contributed by atoms with E-state index in [1.165, 1.54) is 23.1 Å². The standard InChI is InChI=1S/C19H18FN3O4/c20-15-3-1-2-4-16(15)22-17(24)11-27-14-7-5-13(6-8-14)23-10-12(19(21)26)9-18(23)25/h1-8,12H,9-11H2,(H2,21,26)(H,22,24)/t12-/m0/s1. The molecule has 0 unspecified atom stereocenters. The molecule has 1 saturated heterocycles. The summed E-state index contributed by atoms with van der Waals surface area (Å²) in [4.78, 5) is 36.6. The fraction of sp³-hybridized carbons (Fsp3) is 0.211. The van der Waals surface area contributed by atoms with E-state index < -0.39 is 23.5 Å². The van der Waals surface area contributed by atoms with Gasteiger partial charge < -0.3 is 20.7 Å². The second-order valence-corrected chi connectivity index (χ2v) is 6.12. The van der Waals surface area contributed by atoms with Crippen LogP contribution in [0.4, 0.5) is 15.8 Å². The Bertz CT molecular complexity index is 870. The average Bonchev–Trinajstić information content (AvgIpc) is 3.04. The third-order valence-electron chi connectivity index (χ3n) is 4.19. The molecule has 0 aromatic heterocycles. The number of hydrogen-bond donors (Lipinski definition) is 2. The minimum absolute atomic E-state index is 0.0815. The predicted octanol–water partition coefficient (Wildman–Crippen LogP) is 1.68. The largest absolute Gasteiger partial charge is 0.484 e. The smallest absolute Gasteiger partial charge is 0.262 e. The number of nitrogens with one attached hydrogen (secondary N) is 1. The lowest BCUT2D eigenvalue weighted by atomic mass is 10.1. The zero-order valence-electron chi connectivity index (χ0n) is 14.4. The number of carbonyl (C=O) groups excluding carboxylic acids is 3. The number of halogens is 1. The van der Waals surface area contributed by atoms with Gasteiger partial charge in [-0.3, -0.25) is 14.4 Å². The van der Waals surface area contributed by atoms with Crippen LogP contribution in [0.25, 0.3) is 0 Å². The van der Waals surface area contributed by atoms with Crippen molar-refractivity contribution in [1.29, 1.82) is 0 Å². The number of rotatable bonds is 6. The van der Waals surface area contributed by atoms with E-state index in [4.69, 9.17) is 10.5 Å². The van der Waals surface area contributed by atoms with Crippen LogP contribution >= 0.6 is 0 Å². The molecule has 1 heterocycles. The van der Waals surface area contributed by atoms with Gasteiger partial charge in [0.1, 0.15) is 11.6 Å². The minimum Gasteiger partial charge on any atom is -0.484 e. The first-order valence-corrected chi connectivity index (χ1v) is 8.31. The summed E-state index contributed by atoms with van der Waals surface area (Å²) in [7, 11) is 0. The van der Waals surface area contributed by atoms with Gasteiger partial charge in [0.2, 0.25) is 11.8 Å². The topological polar surface area (TPSA) is 102 Å². The second-order valence-electron chi connectivity index (χ2n) is 6.12. The molecule has 1 aliphatic heterocycles. The fourth-order valence-corrected chi connectivity index (χ4v) is 2.77. The first-order valence-electron chi connectivity index (χ1n) is 8.31. The Labute approximate surface area is 154 Å². The van der Waals surface area contributed by atoms with Gasteiger partial charge in [-0.15, -0.1) is 0 Å². The summed E-state index contributed by atoms with van der Waals surface area (Å²) in [6.07, 6.45) is 0.101. The Morgan fingerprint density at radius 1 is 1.19 bits per heavy atom. The lowest BCUT2D eigenvalue weighted by Gasteiger charge is -2.16. The highest BCUT2D eigenvalue weighted by molar-refractivity contribution is 6.00. The van der Waals surface area contributed by atoms with Gasteiger partial charge in [-0.05, 0) is 36.4 Å². The van der Waals surface area contributed by atoms with E-state index in [2.05, 4.69) is 5.32 Å². The summed E-state index contributed by atoms with van der Waals surface area (Å²) in [6.45, 7) is -0.0422. The number of amides is 3. The van der Waals surface area contributed by atoms with Crippen molar-refractivity contribution < 1.29 is 23.5 Å². The molecule has 8 heteroatoms. The molecule has 2 aromatic rings. The zero-order chi connectivity index (χ0) is 19.4. The van der Waals surface area contributed by atoms with Crippen molar-refractivity contribution in [2.75, 3.05) is 23.4 Å². The van der Waals surface area contributed by atoms with Crippen molar-refractivity contribution in [2.45, 2.75) is 6.42 Å². The summed E-state index contributed by atoms with van der Waals surface area (Å²) in [6, 6.07) is 12.4. The maximum Gasteiger partial charge on any atom is 0.262 e. The number of para-hydroxylation sites is 1. The van der Waals surface area contributed by atoms with Crippen LogP contribution < -0.4 is 20.7 Å². The van der Waals surface area contributed by atoms with Crippen LogP contribution in [0.2, 0.25) is 0 Å². The van der Waals surface area contributed by atoms with E-state index >= 15 is 0 Å². The maximum absolute atomic E-state index is 13.5. The molecule has 1 aliphatic rings. The number of benzene rings is 2. The first-order chi connectivity index (χ1) is 12.9. The third kappa shape index (κ3) is 4.41. The van der Waals surface area contributed by atoms with Crippen LogP contribution in [0.15, 0.2) is 48.5 Å². The van der Waals surface area contributed by atoms with Crippen LogP contribution in [0, 0.1) is 11.7 Å². The molecule has 7 nitrogen and oxygen atoms in total. The van der Waals surface area contributed by atoms with E-state index in [0.29, 0.717) is 11.4 Å². The average molecular weight is 371 g/mol. The molecule has 3 rings (SSSR count). The highest BCUT2D eigenvalue weighted by Crippen LogP contribution is 2.26. The first kappa shape index (κ1) is 18.4. The van der Waals surface area contributed by atoms with Crippen LogP contribution in [0.5, 0.6) is 5.75 Å². The molecule has 1 fully saturated rings. The van der Waals surface area contributed by atoms with Crippen LogP contribution in [0.3, 0.4) is 0 Å². The van der Waals surface area contributed by atoms with E-state index in [-0.39, 0.29) is 31.2 Å². The van der Waals surface area contributed by atoms with Gasteiger partial charge >= 0.3 is 0 Å². The molecular weight excluding hydrogens is 353 g/mol. The second kappa shape index (κ2) is 7.86. The fourth-order valence-electron chi connectivity index (χ4n) is 2.77. The van der Waals surface area contributed by atoms with Crippen molar-refractivity contribution in [3.8, 4) is 5.75 Å². The van der Waals surface area contributed by atoms with Gasteiger partial charge in [0.25, 0.3) is 5.91 Å². The Kier molecular flexibility index (Phi) is 5.35. The summed E-state index contributed by atoms with van der Waals surface area (Å²) < 4.78 is 18.9. The number of carbonyl (C=O) groups is 3. The molecule has 0 bridgehead atoms. The van der Waals surface area contributed by atoms with Gasteiger partial charge in [0.05, 0.1) is 11.6 Å². The quantitative estimate of drug-likeness (QED) is 0.807. The minimum atomic E-state index is -0.528. The van der Waals surface area contributed by atoms with Gasteiger partial charge in [-0.25, -0.2) is 4.39 Å². The highest BCUT2D eigenvalue weighted by atomic mass is 19.1. The van der Waals surface area contributed by atoms with Crippen molar-refractivity contribution >= 4 is 29.1 Å². The van der Waals surface area contributed by atoms with E-state index in [1.54, 1.807) is 30.3 Å². The molecule has 27 heavy (non-hydrogen) atoms. The maximum atomic E-state index is 13.5. The Morgan fingerprint density at radius 2 is 1.89 bits per heavy atom. The molecule has 0 radical (unpaired) electrons.